The summed E-state index contributed by atoms with van der Waals surface area (Å²) in [4.78, 5) is 3.16. The molecule has 0 fully saturated rings. The Balaban J connectivity index is 3.35. The molecule has 1 heterocycles. The SMILES string of the molecule is Cc1cc(C#N)nc(C(F)F)c1F. The van der Waals surface area contributed by atoms with Crippen LogP contribution >= 0.6 is 0 Å². The predicted molar refractivity (Wildman–Crippen MR) is 38.6 cm³/mol. The number of alkyl halides is 2. The lowest BCUT2D eigenvalue weighted by Crippen LogP contribution is -2.00. The second kappa shape index (κ2) is 3.44. The van der Waals surface area contributed by atoms with Gasteiger partial charge >= 0.3 is 0 Å². The van der Waals surface area contributed by atoms with E-state index < -0.39 is 17.9 Å². The minimum atomic E-state index is -2.99. The number of hydrogen-bond donors (Lipinski definition) is 0. The average molecular weight is 186 g/mol. The van der Waals surface area contributed by atoms with Crippen LogP contribution in [0, 0.1) is 24.1 Å². The average Bonchev–Trinajstić information content (AvgIpc) is 2.09. The van der Waals surface area contributed by atoms with Crippen molar-refractivity contribution >= 4 is 0 Å². The first-order valence-electron chi connectivity index (χ1n) is 3.41. The van der Waals surface area contributed by atoms with Gasteiger partial charge in [-0.3, -0.25) is 0 Å². The van der Waals surface area contributed by atoms with E-state index in [0.717, 1.165) is 6.07 Å². The van der Waals surface area contributed by atoms with E-state index in [1.807, 2.05) is 0 Å². The molecule has 0 saturated carbocycles. The predicted octanol–water partition coefficient (Wildman–Crippen LogP) is 2.34. The van der Waals surface area contributed by atoms with Crippen LogP contribution in [0.2, 0.25) is 0 Å². The molecule has 1 aromatic heterocycles. The Morgan fingerprint density at radius 3 is 2.62 bits per heavy atom. The molecule has 0 unspecified atom stereocenters. The fourth-order valence-electron chi connectivity index (χ4n) is 0.883. The highest BCUT2D eigenvalue weighted by molar-refractivity contribution is 5.29. The summed E-state index contributed by atoms with van der Waals surface area (Å²) in [6.45, 7) is 1.31. The van der Waals surface area contributed by atoms with Gasteiger partial charge in [-0.2, -0.15) is 5.26 Å². The lowest BCUT2D eigenvalue weighted by Gasteiger charge is -2.03. The van der Waals surface area contributed by atoms with Crippen molar-refractivity contribution in [2.24, 2.45) is 0 Å². The van der Waals surface area contributed by atoms with E-state index in [-0.39, 0.29) is 11.3 Å². The number of aryl methyl sites for hydroxylation is 1. The van der Waals surface area contributed by atoms with Gasteiger partial charge in [-0.15, -0.1) is 0 Å². The van der Waals surface area contributed by atoms with Crippen molar-refractivity contribution in [3.8, 4) is 6.07 Å². The number of pyridine rings is 1. The van der Waals surface area contributed by atoms with E-state index in [4.69, 9.17) is 5.26 Å². The standard InChI is InChI=1S/C8H5F3N2/c1-4-2-5(3-12)13-7(6(4)9)8(10)11/h2,8H,1H3. The van der Waals surface area contributed by atoms with Gasteiger partial charge in [-0.25, -0.2) is 18.2 Å². The van der Waals surface area contributed by atoms with Gasteiger partial charge in [-0.1, -0.05) is 0 Å². The largest absolute Gasteiger partial charge is 0.283 e. The quantitative estimate of drug-likeness (QED) is 0.674. The molecule has 0 N–H and O–H groups in total. The van der Waals surface area contributed by atoms with Crippen LogP contribution in [0.3, 0.4) is 0 Å². The molecule has 5 heteroatoms. The van der Waals surface area contributed by atoms with Gasteiger partial charge in [0.1, 0.15) is 17.5 Å². The first kappa shape index (κ1) is 9.52. The molecule has 0 amide bonds. The molecule has 0 aliphatic rings. The van der Waals surface area contributed by atoms with Gasteiger partial charge in [0.15, 0.2) is 5.82 Å². The van der Waals surface area contributed by atoms with Gasteiger partial charge in [-0.05, 0) is 18.6 Å². The number of aromatic nitrogens is 1. The Morgan fingerprint density at radius 1 is 1.54 bits per heavy atom. The van der Waals surface area contributed by atoms with Crippen molar-refractivity contribution in [2.45, 2.75) is 13.3 Å². The Morgan fingerprint density at radius 2 is 2.15 bits per heavy atom. The molecule has 1 rings (SSSR count). The molecule has 0 radical (unpaired) electrons. The van der Waals surface area contributed by atoms with Gasteiger partial charge in [0.05, 0.1) is 0 Å². The summed E-state index contributed by atoms with van der Waals surface area (Å²) >= 11 is 0. The minimum absolute atomic E-state index is 0.00171. The number of hydrogen-bond acceptors (Lipinski definition) is 2. The molecule has 1 aromatic rings. The minimum Gasteiger partial charge on any atom is -0.233 e. The van der Waals surface area contributed by atoms with E-state index in [1.165, 1.54) is 6.92 Å². The highest BCUT2D eigenvalue weighted by atomic mass is 19.3. The van der Waals surface area contributed by atoms with Crippen molar-refractivity contribution in [3.63, 3.8) is 0 Å². The smallest absolute Gasteiger partial charge is 0.233 e. The van der Waals surface area contributed by atoms with Crippen molar-refractivity contribution < 1.29 is 13.2 Å². The zero-order valence-corrected chi connectivity index (χ0v) is 6.68. The van der Waals surface area contributed by atoms with Crippen LogP contribution in [0.15, 0.2) is 6.07 Å². The molecule has 2 nitrogen and oxygen atoms in total. The molecule has 0 spiro atoms. The van der Waals surface area contributed by atoms with Gasteiger partial charge in [0.25, 0.3) is 6.43 Å². The maximum absolute atomic E-state index is 12.9. The summed E-state index contributed by atoms with van der Waals surface area (Å²) in [6.07, 6.45) is -2.99. The molecule has 0 bridgehead atoms. The molecular weight excluding hydrogens is 181 g/mol. The molecule has 0 aliphatic carbocycles. The van der Waals surface area contributed by atoms with E-state index in [9.17, 15) is 13.2 Å². The topological polar surface area (TPSA) is 36.7 Å². The van der Waals surface area contributed by atoms with Crippen molar-refractivity contribution in [3.05, 3.63) is 28.8 Å². The third-order valence-electron chi connectivity index (χ3n) is 1.49. The second-order valence-electron chi connectivity index (χ2n) is 2.44. The van der Waals surface area contributed by atoms with Crippen LogP contribution in [-0.4, -0.2) is 4.98 Å². The molecule has 0 atom stereocenters. The molecule has 68 valence electrons. The van der Waals surface area contributed by atoms with Crippen LogP contribution in [0.4, 0.5) is 13.2 Å². The maximum atomic E-state index is 12.9. The van der Waals surface area contributed by atoms with Crippen LogP contribution in [0.5, 0.6) is 0 Å². The summed E-state index contributed by atoms with van der Waals surface area (Å²) in [5.74, 6) is -1.05. The molecular formula is C8H5F3N2. The Hall–Kier alpha value is -1.57. The van der Waals surface area contributed by atoms with Crippen LogP contribution < -0.4 is 0 Å². The van der Waals surface area contributed by atoms with E-state index in [2.05, 4.69) is 4.98 Å². The zero-order chi connectivity index (χ0) is 10.0. The summed E-state index contributed by atoms with van der Waals surface area (Å²) in [7, 11) is 0. The fraction of sp³-hybridized carbons (Fsp3) is 0.250. The van der Waals surface area contributed by atoms with Crippen LogP contribution in [-0.2, 0) is 0 Å². The molecule has 0 saturated heterocycles. The summed E-state index contributed by atoms with van der Waals surface area (Å²) in [6, 6.07) is 2.71. The van der Waals surface area contributed by atoms with Crippen molar-refractivity contribution in [1.29, 1.82) is 5.26 Å². The molecule has 0 aromatic carbocycles. The van der Waals surface area contributed by atoms with E-state index in [1.54, 1.807) is 6.07 Å². The second-order valence-corrected chi connectivity index (χ2v) is 2.44. The Kier molecular flexibility index (Phi) is 2.52. The number of rotatable bonds is 1. The summed E-state index contributed by atoms with van der Waals surface area (Å²) < 4.78 is 37.1. The normalized spacial score (nSPS) is 10.2. The van der Waals surface area contributed by atoms with Crippen LogP contribution in [0.25, 0.3) is 0 Å². The maximum Gasteiger partial charge on any atom is 0.283 e. The summed E-state index contributed by atoms with van der Waals surface area (Å²) in [5, 5.41) is 8.38. The third-order valence-corrected chi connectivity index (χ3v) is 1.49. The Bertz CT molecular complexity index is 368. The Labute approximate surface area is 72.6 Å². The van der Waals surface area contributed by atoms with Crippen molar-refractivity contribution in [1.82, 2.24) is 4.98 Å². The highest BCUT2D eigenvalue weighted by Gasteiger charge is 2.18. The number of nitriles is 1. The summed E-state index contributed by atoms with van der Waals surface area (Å²) in [5.41, 5.74) is -1.16. The lowest BCUT2D eigenvalue weighted by molar-refractivity contribution is 0.140. The van der Waals surface area contributed by atoms with Gasteiger partial charge in [0.2, 0.25) is 0 Å². The first-order valence-corrected chi connectivity index (χ1v) is 3.41. The zero-order valence-electron chi connectivity index (χ0n) is 6.68. The first-order chi connectivity index (χ1) is 6.06. The molecule has 13 heavy (non-hydrogen) atoms. The highest BCUT2D eigenvalue weighted by Crippen LogP contribution is 2.22. The number of nitrogens with zero attached hydrogens (tertiary/aromatic N) is 2. The fourth-order valence-corrected chi connectivity index (χ4v) is 0.883. The van der Waals surface area contributed by atoms with Crippen LogP contribution in [0.1, 0.15) is 23.4 Å². The van der Waals surface area contributed by atoms with Gasteiger partial charge < -0.3 is 0 Å². The third kappa shape index (κ3) is 1.78. The van der Waals surface area contributed by atoms with E-state index in [0.29, 0.717) is 0 Å². The number of halogens is 3. The monoisotopic (exact) mass is 186 g/mol. The lowest BCUT2D eigenvalue weighted by atomic mass is 10.2. The van der Waals surface area contributed by atoms with E-state index >= 15 is 0 Å². The van der Waals surface area contributed by atoms with Crippen molar-refractivity contribution in [2.75, 3.05) is 0 Å². The van der Waals surface area contributed by atoms with Gasteiger partial charge in [0, 0.05) is 0 Å². The molecule has 0 aliphatic heterocycles.